The van der Waals surface area contributed by atoms with Crippen molar-refractivity contribution in [2.24, 2.45) is 0 Å². The lowest BCUT2D eigenvalue weighted by Crippen LogP contribution is -1.91. The molecule has 2 aromatic carbocycles. The molecule has 0 heterocycles. The third-order valence-corrected chi connectivity index (χ3v) is 4.74. The minimum absolute atomic E-state index is 0.339. The molecule has 0 aromatic heterocycles. The van der Waals surface area contributed by atoms with Gasteiger partial charge >= 0.3 is 0 Å². The molecule has 0 unspecified atom stereocenters. The second-order valence-corrected chi connectivity index (χ2v) is 6.91. The van der Waals surface area contributed by atoms with Crippen LogP contribution in [0.15, 0.2) is 48.5 Å². The van der Waals surface area contributed by atoms with Crippen LogP contribution in [0.2, 0.25) is 5.02 Å². The maximum atomic E-state index is 8.76. The van der Waals surface area contributed by atoms with Crippen LogP contribution < -0.4 is 0 Å². The lowest BCUT2D eigenvalue weighted by molar-refractivity contribution is 0.282. The molecule has 24 heavy (non-hydrogen) atoms. The number of hydrogen-bond donors (Lipinski definition) is 1. The summed E-state index contributed by atoms with van der Waals surface area (Å²) in [5, 5.41) is 9.55. The van der Waals surface area contributed by atoms with Crippen LogP contribution in [-0.2, 0) is 6.42 Å². The van der Waals surface area contributed by atoms with Crippen LogP contribution >= 0.6 is 11.6 Å². The summed E-state index contributed by atoms with van der Waals surface area (Å²) in [6.45, 7) is 0.339. The van der Waals surface area contributed by atoms with Gasteiger partial charge in [0.1, 0.15) is 0 Å². The summed E-state index contributed by atoms with van der Waals surface area (Å²) < 4.78 is 0. The van der Waals surface area contributed by atoms with Gasteiger partial charge in [-0.1, -0.05) is 86.5 Å². The Morgan fingerprint density at radius 1 is 0.708 bits per heavy atom. The van der Waals surface area contributed by atoms with Crippen molar-refractivity contribution in [3.63, 3.8) is 0 Å². The van der Waals surface area contributed by atoms with Gasteiger partial charge < -0.3 is 5.11 Å². The van der Waals surface area contributed by atoms with Crippen LogP contribution in [0.3, 0.4) is 0 Å². The van der Waals surface area contributed by atoms with Crippen molar-refractivity contribution < 1.29 is 5.11 Å². The average Bonchev–Trinajstić information content (AvgIpc) is 2.61. The van der Waals surface area contributed by atoms with Crippen molar-refractivity contribution in [1.82, 2.24) is 0 Å². The second-order valence-electron chi connectivity index (χ2n) is 6.47. The van der Waals surface area contributed by atoms with Crippen LogP contribution in [0.4, 0.5) is 0 Å². The predicted octanol–water partition coefficient (Wildman–Crippen LogP) is 6.66. The summed E-state index contributed by atoms with van der Waals surface area (Å²) in [6.07, 6.45) is 11.0. The predicted molar refractivity (Wildman–Crippen MR) is 105 cm³/mol. The zero-order chi connectivity index (χ0) is 17.0. The molecule has 130 valence electrons. The molecule has 0 radical (unpaired) electrons. The van der Waals surface area contributed by atoms with Crippen LogP contribution in [0, 0.1) is 0 Å². The molecule has 0 aliphatic rings. The molecule has 0 saturated heterocycles. The zero-order valence-electron chi connectivity index (χ0n) is 14.5. The molecule has 0 amide bonds. The van der Waals surface area contributed by atoms with Gasteiger partial charge in [-0.2, -0.15) is 0 Å². The molecular formula is C22H29ClO. The Bertz CT molecular complexity index is 594. The van der Waals surface area contributed by atoms with Crippen LogP contribution in [0.5, 0.6) is 0 Å². The van der Waals surface area contributed by atoms with E-state index in [-0.39, 0.29) is 0 Å². The van der Waals surface area contributed by atoms with E-state index >= 15 is 0 Å². The monoisotopic (exact) mass is 344 g/mol. The van der Waals surface area contributed by atoms with E-state index in [1.165, 1.54) is 61.6 Å². The molecule has 0 fully saturated rings. The minimum atomic E-state index is 0.339. The Morgan fingerprint density at radius 2 is 1.38 bits per heavy atom. The highest BCUT2D eigenvalue weighted by Gasteiger charge is 2.05. The van der Waals surface area contributed by atoms with Crippen molar-refractivity contribution in [2.45, 2.75) is 57.8 Å². The lowest BCUT2D eigenvalue weighted by atomic mass is 9.95. The number of halogens is 1. The van der Waals surface area contributed by atoms with Gasteiger partial charge in [-0.3, -0.25) is 0 Å². The molecule has 2 aromatic rings. The normalized spacial score (nSPS) is 10.9. The van der Waals surface area contributed by atoms with Crippen molar-refractivity contribution in [1.29, 1.82) is 0 Å². The first-order valence-corrected chi connectivity index (χ1v) is 9.64. The van der Waals surface area contributed by atoms with Crippen molar-refractivity contribution in [3.05, 3.63) is 59.1 Å². The number of unbranched alkanes of at least 4 members (excludes halogenated alkanes) is 7. The number of benzene rings is 2. The highest BCUT2D eigenvalue weighted by molar-refractivity contribution is 6.30. The van der Waals surface area contributed by atoms with E-state index < -0.39 is 0 Å². The fourth-order valence-electron chi connectivity index (χ4n) is 3.16. The Kier molecular flexibility index (Phi) is 8.94. The maximum absolute atomic E-state index is 8.76. The second kappa shape index (κ2) is 11.3. The summed E-state index contributed by atoms with van der Waals surface area (Å²) in [5.74, 6) is 0. The van der Waals surface area contributed by atoms with E-state index in [0.717, 1.165) is 17.9 Å². The molecule has 1 nitrogen and oxygen atoms in total. The van der Waals surface area contributed by atoms with Crippen molar-refractivity contribution in [2.75, 3.05) is 6.61 Å². The first kappa shape index (κ1) is 19.0. The first-order valence-electron chi connectivity index (χ1n) is 9.26. The van der Waals surface area contributed by atoms with Gasteiger partial charge in [0.25, 0.3) is 0 Å². The van der Waals surface area contributed by atoms with E-state index in [0.29, 0.717) is 6.61 Å². The molecule has 1 N–H and O–H groups in total. The molecule has 0 bridgehead atoms. The third-order valence-electron chi connectivity index (χ3n) is 4.51. The summed E-state index contributed by atoms with van der Waals surface area (Å²) in [6, 6.07) is 16.8. The molecule has 0 aliphatic heterocycles. The SMILES string of the molecule is OCCCCCCCCCCc1ccccc1-c1cccc(Cl)c1. The molecule has 2 rings (SSSR count). The summed E-state index contributed by atoms with van der Waals surface area (Å²) in [5.41, 5.74) is 3.94. The van der Waals surface area contributed by atoms with E-state index in [1.807, 2.05) is 18.2 Å². The number of rotatable bonds is 11. The topological polar surface area (TPSA) is 20.2 Å². The van der Waals surface area contributed by atoms with E-state index in [1.54, 1.807) is 0 Å². The smallest absolute Gasteiger partial charge is 0.0431 e. The Hall–Kier alpha value is -1.31. The van der Waals surface area contributed by atoms with Gasteiger partial charge in [0.05, 0.1) is 0 Å². The lowest BCUT2D eigenvalue weighted by Gasteiger charge is -2.10. The molecule has 0 spiro atoms. The molecule has 2 heteroatoms. The van der Waals surface area contributed by atoms with E-state index in [2.05, 4.69) is 30.3 Å². The van der Waals surface area contributed by atoms with E-state index in [9.17, 15) is 0 Å². The molecule has 0 saturated carbocycles. The largest absolute Gasteiger partial charge is 0.396 e. The fraction of sp³-hybridized carbons (Fsp3) is 0.455. The minimum Gasteiger partial charge on any atom is -0.396 e. The van der Waals surface area contributed by atoms with E-state index in [4.69, 9.17) is 16.7 Å². The van der Waals surface area contributed by atoms with Crippen molar-refractivity contribution >= 4 is 11.6 Å². The van der Waals surface area contributed by atoms with Gasteiger partial charge in [0.15, 0.2) is 0 Å². The fourth-order valence-corrected chi connectivity index (χ4v) is 3.35. The number of aryl methyl sites for hydroxylation is 1. The molecule has 0 aliphatic carbocycles. The van der Waals surface area contributed by atoms with Gasteiger partial charge in [-0.15, -0.1) is 0 Å². The highest BCUT2D eigenvalue weighted by Crippen LogP contribution is 2.27. The standard InChI is InChI=1S/C22H29ClO/c23-21-15-11-14-20(18-21)22-16-9-8-13-19(22)12-7-5-3-1-2-4-6-10-17-24/h8-9,11,13-16,18,24H,1-7,10,12,17H2. The van der Waals surface area contributed by atoms with Crippen LogP contribution in [0.25, 0.3) is 11.1 Å². The summed E-state index contributed by atoms with van der Waals surface area (Å²) in [7, 11) is 0. The zero-order valence-corrected chi connectivity index (χ0v) is 15.3. The van der Waals surface area contributed by atoms with Gasteiger partial charge in [0.2, 0.25) is 0 Å². The maximum Gasteiger partial charge on any atom is 0.0431 e. The average molecular weight is 345 g/mol. The summed E-state index contributed by atoms with van der Waals surface area (Å²) in [4.78, 5) is 0. The Labute approximate surface area is 151 Å². The Balaban J connectivity index is 1.75. The highest BCUT2D eigenvalue weighted by atomic mass is 35.5. The number of aliphatic hydroxyl groups is 1. The number of hydrogen-bond acceptors (Lipinski definition) is 1. The Morgan fingerprint density at radius 3 is 2.08 bits per heavy atom. The number of aliphatic hydroxyl groups excluding tert-OH is 1. The summed E-state index contributed by atoms with van der Waals surface area (Å²) >= 11 is 6.14. The van der Waals surface area contributed by atoms with Crippen LogP contribution in [0.1, 0.15) is 56.9 Å². The quantitative estimate of drug-likeness (QED) is 0.452. The van der Waals surface area contributed by atoms with Gasteiger partial charge in [-0.25, -0.2) is 0 Å². The van der Waals surface area contributed by atoms with Crippen molar-refractivity contribution in [3.8, 4) is 11.1 Å². The van der Waals surface area contributed by atoms with Gasteiger partial charge in [0, 0.05) is 11.6 Å². The molecule has 0 atom stereocenters. The molecular weight excluding hydrogens is 316 g/mol. The third kappa shape index (κ3) is 6.67. The van der Waals surface area contributed by atoms with Gasteiger partial charge in [-0.05, 0) is 48.1 Å². The first-order chi connectivity index (χ1) is 11.8. The van der Waals surface area contributed by atoms with Crippen LogP contribution in [-0.4, -0.2) is 11.7 Å².